The van der Waals surface area contributed by atoms with Crippen molar-refractivity contribution in [1.82, 2.24) is 0 Å². The van der Waals surface area contributed by atoms with Crippen LogP contribution in [0.5, 0.6) is 0 Å². The van der Waals surface area contributed by atoms with Gasteiger partial charge in [-0.1, -0.05) is 36.4 Å². The molecule has 0 atom stereocenters. The van der Waals surface area contributed by atoms with Crippen LogP contribution in [-0.4, -0.2) is 11.9 Å². The molecule has 0 radical (unpaired) electrons. The van der Waals surface area contributed by atoms with E-state index in [1.54, 1.807) is 18.2 Å². The summed E-state index contributed by atoms with van der Waals surface area (Å²) in [7, 11) is 0. The number of fused-ring (bicyclic) bond motifs is 1. The van der Waals surface area contributed by atoms with Gasteiger partial charge >= 0.3 is 44.8 Å². The first-order valence-corrected chi connectivity index (χ1v) is 4.55. The molecule has 0 N–H and O–H groups in total. The molecule has 4 nitrogen and oxygen atoms in total. The molecule has 2 aromatic rings. The molecule has 0 aromatic heterocycles. The smallest absolute Gasteiger partial charge is 0.545 e. The van der Waals surface area contributed by atoms with Gasteiger partial charge in [0.25, 0.3) is 0 Å². The predicted octanol–water partition coefficient (Wildman–Crippen LogP) is -0.438. The van der Waals surface area contributed by atoms with Crippen LogP contribution in [0.2, 0.25) is 0 Å². The summed E-state index contributed by atoms with van der Waals surface area (Å²) in [5.74, 6) is -3.04. The van der Waals surface area contributed by atoms with Gasteiger partial charge in [-0.3, -0.25) is 0 Å². The van der Waals surface area contributed by atoms with Crippen LogP contribution in [-0.2, 0) is 44.8 Å². The summed E-state index contributed by atoms with van der Waals surface area (Å²) in [6, 6.07) is 9.34. The molecule has 0 saturated carbocycles. The van der Waals surface area contributed by atoms with E-state index in [0.717, 1.165) is 0 Å². The molecule has 0 amide bonds. The van der Waals surface area contributed by atoms with Crippen molar-refractivity contribution in [3.63, 3.8) is 0 Å². The number of carbonyl (C=O) groups excluding carboxylic acids is 2. The van der Waals surface area contributed by atoms with Crippen molar-refractivity contribution in [2.45, 2.75) is 0 Å². The summed E-state index contributed by atoms with van der Waals surface area (Å²) in [6.45, 7) is 0. The molecule has 0 spiro atoms. The Kier molecular flexibility index (Phi) is 6.56. The zero-order valence-electron chi connectivity index (χ0n) is 8.70. The molecule has 0 aliphatic carbocycles. The van der Waals surface area contributed by atoms with Crippen LogP contribution in [0.1, 0.15) is 20.7 Å². The molecule has 0 saturated heterocycles. The Hall–Kier alpha value is -0.879. The SMILES string of the molecule is O=C([O-])c1ccc2ccccc2c1C(=O)[O-].[Ag+].[Ag+]. The van der Waals surface area contributed by atoms with Gasteiger partial charge in [-0.05, 0) is 10.8 Å². The summed E-state index contributed by atoms with van der Waals surface area (Å²) < 4.78 is 0. The summed E-state index contributed by atoms with van der Waals surface area (Å²) >= 11 is 0. The van der Waals surface area contributed by atoms with E-state index in [2.05, 4.69) is 0 Å². The van der Waals surface area contributed by atoms with Crippen LogP contribution >= 0.6 is 0 Å². The van der Waals surface area contributed by atoms with Crippen LogP contribution in [0, 0.1) is 0 Å². The standard InChI is InChI=1S/C12H8O4.2Ag/c13-11(14)9-6-5-7-3-1-2-4-8(7)10(9)12(15)16;;/h1-6H,(H,13,14)(H,15,16);;/q;2*+1/p-2. The number of aromatic carboxylic acids is 2. The molecule has 6 heteroatoms. The van der Waals surface area contributed by atoms with Crippen LogP contribution in [0.4, 0.5) is 0 Å². The Bertz CT molecular complexity index is 596. The predicted molar refractivity (Wildman–Crippen MR) is 52.6 cm³/mol. The number of hydrogen-bond acceptors (Lipinski definition) is 4. The van der Waals surface area contributed by atoms with E-state index in [-0.39, 0.29) is 55.9 Å². The van der Waals surface area contributed by atoms with Gasteiger partial charge in [0.1, 0.15) is 0 Å². The quantitative estimate of drug-likeness (QED) is 0.606. The fourth-order valence-corrected chi connectivity index (χ4v) is 1.66. The van der Waals surface area contributed by atoms with Crippen molar-refractivity contribution in [3.05, 3.63) is 47.5 Å². The first-order chi connectivity index (χ1) is 7.61. The minimum atomic E-state index is -1.52. The maximum Gasteiger partial charge on any atom is 1.00 e. The minimum absolute atomic E-state index is 0. The molecule has 0 fully saturated rings. The number of hydrogen-bond donors (Lipinski definition) is 0. The maximum atomic E-state index is 10.9. The zero-order chi connectivity index (χ0) is 11.7. The third-order valence-corrected chi connectivity index (χ3v) is 2.35. The number of carbonyl (C=O) groups is 2. The minimum Gasteiger partial charge on any atom is -0.545 e. The van der Waals surface area contributed by atoms with Gasteiger partial charge in [-0.25, -0.2) is 0 Å². The van der Waals surface area contributed by atoms with Crippen molar-refractivity contribution in [1.29, 1.82) is 0 Å². The molecule has 2 aromatic carbocycles. The van der Waals surface area contributed by atoms with E-state index < -0.39 is 11.9 Å². The normalized spacial score (nSPS) is 9.11. The molecule has 0 bridgehead atoms. The van der Waals surface area contributed by atoms with Gasteiger partial charge in [0, 0.05) is 11.1 Å². The van der Waals surface area contributed by atoms with E-state index in [4.69, 9.17) is 0 Å². The average Bonchev–Trinajstić information content (AvgIpc) is 2.27. The largest absolute Gasteiger partial charge is 1.00 e. The van der Waals surface area contributed by atoms with Crippen molar-refractivity contribution in [2.75, 3.05) is 0 Å². The van der Waals surface area contributed by atoms with E-state index in [0.29, 0.717) is 10.8 Å². The number of rotatable bonds is 2. The molecular weight excluding hydrogens is 424 g/mol. The fourth-order valence-electron chi connectivity index (χ4n) is 1.66. The Morgan fingerprint density at radius 3 is 2.00 bits per heavy atom. The molecule has 2 rings (SSSR count). The molecule has 0 aliphatic rings. The second-order valence-electron chi connectivity index (χ2n) is 3.28. The zero-order valence-corrected chi connectivity index (χ0v) is 11.7. The van der Waals surface area contributed by atoms with Gasteiger partial charge in [0.05, 0.1) is 11.9 Å². The second-order valence-corrected chi connectivity index (χ2v) is 3.28. The summed E-state index contributed by atoms with van der Waals surface area (Å²) in [5, 5.41) is 22.7. The van der Waals surface area contributed by atoms with Gasteiger partial charge in [0.15, 0.2) is 0 Å². The first kappa shape index (κ1) is 17.1. The molecule has 100 valence electrons. The summed E-state index contributed by atoms with van der Waals surface area (Å²) in [4.78, 5) is 21.7. The average molecular weight is 430 g/mol. The van der Waals surface area contributed by atoms with Gasteiger partial charge < -0.3 is 19.8 Å². The molecule has 0 unspecified atom stereocenters. The van der Waals surface area contributed by atoms with Gasteiger partial charge in [0.2, 0.25) is 0 Å². The van der Waals surface area contributed by atoms with E-state index >= 15 is 0 Å². The monoisotopic (exact) mass is 428 g/mol. The third kappa shape index (κ3) is 3.11. The Morgan fingerprint density at radius 1 is 0.833 bits per heavy atom. The third-order valence-electron chi connectivity index (χ3n) is 2.35. The van der Waals surface area contributed by atoms with Crippen LogP contribution < -0.4 is 10.2 Å². The van der Waals surface area contributed by atoms with Gasteiger partial charge in [-0.15, -0.1) is 0 Å². The fraction of sp³-hybridized carbons (Fsp3) is 0. The van der Waals surface area contributed by atoms with Gasteiger partial charge in [-0.2, -0.15) is 0 Å². The van der Waals surface area contributed by atoms with E-state index in [1.165, 1.54) is 18.2 Å². The molecular formula is C12H6Ag2O4. The van der Waals surface area contributed by atoms with E-state index in [1.807, 2.05) is 0 Å². The molecule has 18 heavy (non-hydrogen) atoms. The Morgan fingerprint density at radius 2 is 1.44 bits per heavy atom. The maximum absolute atomic E-state index is 10.9. The van der Waals surface area contributed by atoms with Crippen LogP contribution in [0.25, 0.3) is 10.8 Å². The number of benzene rings is 2. The molecule has 0 aliphatic heterocycles. The van der Waals surface area contributed by atoms with Crippen molar-refractivity contribution in [2.24, 2.45) is 0 Å². The topological polar surface area (TPSA) is 80.3 Å². The number of carboxylic acid groups (broad SMARTS) is 2. The second kappa shape index (κ2) is 6.89. The Labute approximate surface area is 134 Å². The van der Waals surface area contributed by atoms with Crippen molar-refractivity contribution in [3.8, 4) is 0 Å². The summed E-state index contributed by atoms with van der Waals surface area (Å²) in [5.41, 5.74) is -0.697. The Balaban J connectivity index is 0.00000144. The summed E-state index contributed by atoms with van der Waals surface area (Å²) in [6.07, 6.45) is 0. The van der Waals surface area contributed by atoms with Crippen LogP contribution in [0.3, 0.4) is 0 Å². The van der Waals surface area contributed by atoms with Crippen LogP contribution in [0.15, 0.2) is 36.4 Å². The first-order valence-electron chi connectivity index (χ1n) is 4.55. The number of carboxylic acids is 2. The van der Waals surface area contributed by atoms with Crippen molar-refractivity contribution < 1.29 is 64.6 Å². The molecule has 0 heterocycles. The van der Waals surface area contributed by atoms with E-state index in [9.17, 15) is 19.8 Å². The van der Waals surface area contributed by atoms with Crippen molar-refractivity contribution >= 4 is 22.7 Å².